The molecule has 0 spiro atoms. The maximum absolute atomic E-state index is 12.6. The van der Waals surface area contributed by atoms with Gasteiger partial charge in [0.2, 0.25) is 5.91 Å². The average molecular weight is 901 g/mol. The molecule has 0 saturated carbocycles. The Morgan fingerprint density at radius 2 is 0.672 bits per heavy atom. The summed E-state index contributed by atoms with van der Waals surface area (Å²) in [6, 6.07) is -0.800. The molecule has 0 radical (unpaired) electrons. The zero-order valence-electron chi connectivity index (χ0n) is 43.2. The Morgan fingerprint density at radius 3 is 0.984 bits per heavy atom. The molecule has 0 aromatic carbocycles. The largest absolute Gasteiger partial charge is 0.394 e. The van der Waals surface area contributed by atoms with Crippen LogP contribution >= 0.6 is 0 Å². The summed E-state index contributed by atoms with van der Waals surface area (Å²) in [6.07, 6.45) is 70.8. The average Bonchev–Trinajstić information content (AvgIpc) is 3.30. The molecule has 0 fully saturated rings. The number of aliphatic hydroxyl groups is 3. The van der Waals surface area contributed by atoms with Crippen molar-refractivity contribution in [3.63, 3.8) is 0 Å². The van der Waals surface area contributed by atoms with Gasteiger partial charge in [-0.05, 0) is 51.4 Å². The fourth-order valence-corrected chi connectivity index (χ4v) is 8.98. The van der Waals surface area contributed by atoms with Gasteiger partial charge >= 0.3 is 0 Å². The summed E-state index contributed by atoms with van der Waals surface area (Å²) in [5.41, 5.74) is 0. The SMILES string of the molecule is CCCCCCCCCCC/C=C\C/C=C\CCCCCCCCCCCCC(O)C(=O)NC(CO)C(O)/C=C/CCCCCCCCCCCCCCCCCCCCCCCC. The molecule has 0 aliphatic rings. The molecule has 378 valence electrons. The molecule has 0 aliphatic carbocycles. The van der Waals surface area contributed by atoms with Crippen molar-refractivity contribution in [2.45, 2.75) is 327 Å². The van der Waals surface area contributed by atoms with Crippen LogP contribution in [0.25, 0.3) is 0 Å². The molecule has 0 bridgehead atoms. The zero-order chi connectivity index (χ0) is 46.5. The van der Waals surface area contributed by atoms with Crippen molar-refractivity contribution in [1.82, 2.24) is 5.32 Å². The van der Waals surface area contributed by atoms with Gasteiger partial charge in [0, 0.05) is 0 Å². The van der Waals surface area contributed by atoms with Crippen LogP contribution in [0, 0.1) is 0 Å². The van der Waals surface area contributed by atoms with Gasteiger partial charge in [-0.15, -0.1) is 0 Å². The van der Waals surface area contributed by atoms with Gasteiger partial charge in [-0.25, -0.2) is 0 Å². The van der Waals surface area contributed by atoms with Crippen LogP contribution in [0.15, 0.2) is 36.5 Å². The molecule has 0 rings (SSSR count). The number of nitrogens with one attached hydrogen (secondary N) is 1. The van der Waals surface area contributed by atoms with Gasteiger partial charge in [-0.3, -0.25) is 4.79 Å². The first-order valence-corrected chi connectivity index (χ1v) is 28.8. The van der Waals surface area contributed by atoms with Gasteiger partial charge in [0.05, 0.1) is 18.8 Å². The summed E-state index contributed by atoms with van der Waals surface area (Å²) in [7, 11) is 0. The monoisotopic (exact) mass is 900 g/mol. The second kappa shape index (κ2) is 54.2. The number of carbonyl (C=O) groups is 1. The van der Waals surface area contributed by atoms with E-state index in [1.165, 1.54) is 250 Å². The van der Waals surface area contributed by atoms with Crippen LogP contribution in [-0.4, -0.2) is 46.1 Å². The molecule has 0 aliphatic heterocycles. The smallest absolute Gasteiger partial charge is 0.249 e. The summed E-state index contributed by atoms with van der Waals surface area (Å²) in [6.45, 7) is 4.21. The van der Waals surface area contributed by atoms with E-state index in [4.69, 9.17) is 0 Å². The van der Waals surface area contributed by atoms with Gasteiger partial charge in [0.15, 0.2) is 0 Å². The minimum absolute atomic E-state index is 0.363. The second-order valence-electron chi connectivity index (χ2n) is 19.9. The molecule has 0 aromatic rings. The lowest BCUT2D eigenvalue weighted by Crippen LogP contribution is -2.48. The van der Waals surface area contributed by atoms with Crippen LogP contribution in [0.2, 0.25) is 0 Å². The Hall–Kier alpha value is -1.43. The Balaban J connectivity index is 3.58. The number of unbranched alkanes of at least 4 members (excludes halogenated alkanes) is 41. The van der Waals surface area contributed by atoms with Crippen LogP contribution in [0.1, 0.15) is 309 Å². The van der Waals surface area contributed by atoms with E-state index in [0.717, 1.165) is 38.5 Å². The molecule has 3 atom stereocenters. The first-order chi connectivity index (χ1) is 31.6. The predicted molar refractivity (Wildman–Crippen MR) is 282 cm³/mol. The normalized spacial score (nSPS) is 13.5. The second-order valence-corrected chi connectivity index (χ2v) is 19.9. The summed E-state index contributed by atoms with van der Waals surface area (Å²) < 4.78 is 0. The van der Waals surface area contributed by atoms with Crippen molar-refractivity contribution in [1.29, 1.82) is 0 Å². The lowest BCUT2D eigenvalue weighted by atomic mass is 10.0. The minimum atomic E-state index is -1.10. The molecule has 4 N–H and O–H groups in total. The van der Waals surface area contributed by atoms with Crippen molar-refractivity contribution in [3.05, 3.63) is 36.5 Å². The van der Waals surface area contributed by atoms with Crippen LogP contribution < -0.4 is 5.32 Å². The molecule has 1 amide bonds. The van der Waals surface area contributed by atoms with Crippen molar-refractivity contribution >= 4 is 5.91 Å². The highest BCUT2D eigenvalue weighted by Crippen LogP contribution is 2.17. The third-order valence-electron chi connectivity index (χ3n) is 13.5. The number of carbonyl (C=O) groups excluding carboxylic acids is 1. The first kappa shape index (κ1) is 62.6. The molecule has 5 heteroatoms. The number of rotatable bonds is 53. The number of hydrogen-bond acceptors (Lipinski definition) is 4. The van der Waals surface area contributed by atoms with E-state index in [-0.39, 0.29) is 6.61 Å². The predicted octanol–water partition coefficient (Wildman–Crippen LogP) is 17.8. The topological polar surface area (TPSA) is 89.8 Å². The van der Waals surface area contributed by atoms with Crippen LogP contribution in [0.3, 0.4) is 0 Å². The van der Waals surface area contributed by atoms with E-state index in [0.29, 0.717) is 6.42 Å². The quantitative estimate of drug-likeness (QED) is 0.0362. The van der Waals surface area contributed by atoms with Crippen molar-refractivity contribution in [3.8, 4) is 0 Å². The Morgan fingerprint density at radius 1 is 0.391 bits per heavy atom. The highest BCUT2D eigenvalue weighted by molar-refractivity contribution is 5.80. The van der Waals surface area contributed by atoms with Crippen molar-refractivity contribution < 1.29 is 20.1 Å². The molecular weight excluding hydrogens is 787 g/mol. The minimum Gasteiger partial charge on any atom is -0.394 e. The molecule has 3 unspecified atom stereocenters. The van der Waals surface area contributed by atoms with Gasteiger partial charge < -0.3 is 20.6 Å². The van der Waals surface area contributed by atoms with Crippen molar-refractivity contribution in [2.24, 2.45) is 0 Å². The van der Waals surface area contributed by atoms with E-state index in [1.54, 1.807) is 6.08 Å². The van der Waals surface area contributed by atoms with Crippen molar-refractivity contribution in [2.75, 3.05) is 6.61 Å². The lowest BCUT2D eigenvalue weighted by molar-refractivity contribution is -0.131. The first-order valence-electron chi connectivity index (χ1n) is 28.8. The third-order valence-corrected chi connectivity index (χ3v) is 13.5. The Kier molecular flexibility index (Phi) is 53.0. The fraction of sp³-hybridized carbons (Fsp3) is 0.881. The summed E-state index contributed by atoms with van der Waals surface area (Å²) in [4.78, 5) is 12.6. The van der Waals surface area contributed by atoms with Gasteiger partial charge in [0.25, 0.3) is 0 Å². The summed E-state index contributed by atoms with van der Waals surface area (Å²) in [5.74, 6) is -0.502. The lowest BCUT2D eigenvalue weighted by Gasteiger charge is -2.21. The van der Waals surface area contributed by atoms with Gasteiger partial charge in [-0.1, -0.05) is 294 Å². The van der Waals surface area contributed by atoms with Crippen LogP contribution in [0.4, 0.5) is 0 Å². The number of amides is 1. The van der Waals surface area contributed by atoms with E-state index >= 15 is 0 Å². The highest BCUT2D eigenvalue weighted by Gasteiger charge is 2.22. The standard InChI is InChI=1S/C59H113NO4/c1-3-5-7-9-11-13-15-17-19-21-23-25-27-29-30-32-34-36-38-40-42-44-46-48-50-52-54-58(63)59(64)60-56(55-61)57(62)53-51-49-47-45-43-41-39-37-35-33-31-28-26-24-22-20-18-16-14-12-10-8-6-4-2/h23,25,29-30,51,53,56-58,61-63H,3-22,24,26-28,31-50,52,54-55H2,1-2H3,(H,60,64)/b25-23-,30-29-,53-51+. The molecule has 64 heavy (non-hydrogen) atoms. The Bertz CT molecular complexity index is 993. The van der Waals surface area contributed by atoms with Gasteiger partial charge in [-0.2, -0.15) is 0 Å². The van der Waals surface area contributed by atoms with E-state index in [1.807, 2.05) is 6.08 Å². The number of allylic oxidation sites excluding steroid dienone is 5. The molecule has 0 aromatic heterocycles. The van der Waals surface area contributed by atoms with Crippen LogP contribution in [0.5, 0.6) is 0 Å². The van der Waals surface area contributed by atoms with E-state index < -0.39 is 24.2 Å². The number of hydrogen-bond donors (Lipinski definition) is 4. The molecule has 0 saturated heterocycles. The third kappa shape index (κ3) is 48.5. The molecule has 0 heterocycles. The Labute approximate surface area is 400 Å². The fourth-order valence-electron chi connectivity index (χ4n) is 8.98. The van der Waals surface area contributed by atoms with E-state index in [2.05, 4.69) is 43.5 Å². The van der Waals surface area contributed by atoms with Gasteiger partial charge in [0.1, 0.15) is 6.10 Å². The number of aliphatic hydroxyl groups excluding tert-OH is 3. The summed E-state index contributed by atoms with van der Waals surface area (Å²) in [5, 5.41) is 33.4. The maximum atomic E-state index is 12.6. The van der Waals surface area contributed by atoms with E-state index in [9.17, 15) is 20.1 Å². The zero-order valence-corrected chi connectivity index (χ0v) is 43.2. The van der Waals surface area contributed by atoms with Crippen LogP contribution in [-0.2, 0) is 4.79 Å². The highest BCUT2D eigenvalue weighted by atomic mass is 16.3. The maximum Gasteiger partial charge on any atom is 0.249 e. The summed E-state index contributed by atoms with van der Waals surface area (Å²) >= 11 is 0. The molecular formula is C59H113NO4. The molecule has 5 nitrogen and oxygen atoms in total.